The molecule has 0 radical (unpaired) electrons. The second kappa shape index (κ2) is 22.6. The molecule has 0 N–H and O–H groups in total. The molecule has 0 saturated carbocycles. The van der Waals surface area contributed by atoms with Gasteiger partial charge in [-0.3, -0.25) is 0 Å². The molecule has 1 fully saturated rings. The van der Waals surface area contributed by atoms with Crippen LogP contribution in [-0.2, 0) is 24.2 Å². The third kappa shape index (κ3) is 15.8. The van der Waals surface area contributed by atoms with Gasteiger partial charge in [0.2, 0.25) is 0 Å². The molecule has 0 unspecified atom stereocenters. The van der Waals surface area contributed by atoms with Crippen molar-refractivity contribution in [1.29, 1.82) is 0 Å². The van der Waals surface area contributed by atoms with E-state index in [0.717, 1.165) is 13.2 Å². The first-order valence-corrected chi connectivity index (χ1v) is 3.49. The maximum absolute atomic E-state index is 4.94. The van der Waals surface area contributed by atoms with Crippen LogP contribution in [0.15, 0.2) is 0 Å². The minimum Gasteiger partial charge on any atom is -0.381 e. The van der Waals surface area contributed by atoms with Crippen molar-refractivity contribution >= 4 is 0 Å². The average Bonchev–Trinajstić information content (AvgIpc) is 2.51. The zero-order valence-electron chi connectivity index (χ0n) is 7.36. The molecule has 58 valence electrons. The molecule has 10 heavy (non-hydrogen) atoms. The van der Waals surface area contributed by atoms with Crippen molar-refractivity contribution in [2.75, 3.05) is 13.2 Å². The standard InChI is InChI=1S/C4H8O.2C2H5.Zn/c1-2-4-5-3-1;2*1-2;/h1-4H2;2*1H2,2H3;/q;2*-1;+2. The predicted molar refractivity (Wildman–Crippen MR) is 42.1 cm³/mol. The summed E-state index contributed by atoms with van der Waals surface area (Å²) in [5.74, 6) is 0. The van der Waals surface area contributed by atoms with Crippen LogP contribution in [0.25, 0.3) is 0 Å². The van der Waals surface area contributed by atoms with Gasteiger partial charge in [0.25, 0.3) is 0 Å². The Bertz CT molecular complexity index is 20.8. The van der Waals surface area contributed by atoms with Crippen LogP contribution >= 0.6 is 0 Å². The first-order chi connectivity index (χ1) is 4.50. The van der Waals surface area contributed by atoms with Crippen molar-refractivity contribution in [3.8, 4) is 0 Å². The van der Waals surface area contributed by atoms with E-state index in [1.807, 2.05) is 0 Å². The minimum atomic E-state index is 0. The van der Waals surface area contributed by atoms with Crippen LogP contribution < -0.4 is 0 Å². The summed E-state index contributed by atoms with van der Waals surface area (Å²) in [5, 5.41) is 0. The fourth-order valence-electron chi connectivity index (χ4n) is 0.510. The van der Waals surface area contributed by atoms with Gasteiger partial charge >= 0.3 is 19.5 Å². The van der Waals surface area contributed by atoms with Crippen molar-refractivity contribution in [2.45, 2.75) is 26.7 Å². The first kappa shape index (κ1) is 16.9. The fourth-order valence-corrected chi connectivity index (χ4v) is 0.510. The summed E-state index contributed by atoms with van der Waals surface area (Å²) in [5.41, 5.74) is 0. The third-order valence-corrected chi connectivity index (χ3v) is 0.827. The van der Waals surface area contributed by atoms with E-state index in [1.165, 1.54) is 12.8 Å². The van der Waals surface area contributed by atoms with Gasteiger partial charge in [-0.05, 0) is 12.8 Å². The molecule has 0 spiro atoms. The van der Waals surface area contributed by atoms with Gasteiger partial charge in [-0.2, -0.15) is 13.8 Å². The molecule has 1 saturated heterocycles. The molecule has 2 heteroatoms. The van der Waals surface area contributed by atoms with Crippen LogP contribution in [0.5, 0.6) is 0 Å². The molecule has 0 atom stereocenters. The van der Waals surface area contributed by atoms with E-state index >= 15 is 0 Å². The second-order valence-electron chi connectivity index (χ2n) is 1.32. The smallest absolute Gasteiger partial charge is 0.381 e. The molecule has 1 rings (SSSR count). The molecule has 1 aliphatic rings. The molecule has 0 aromatic heterocycles. The van der Waals surface area contributed by atoms with Crippen LogP contribution in [-0.4, -0.2) is 13.2 Å². The number of ether oxygens (including phenoxy) is 1. The van der Waals surface area contributed by atoms with E-state index in [9.17, 15) is 0 Å². The maximum atomic E-state index is 4.94. The molecular weight excluding hydrogens is 177 g/mol. The second-order valence-corrected chi connectivity index (χ2v) is 1.32. The molecule has 0 amide bonds. The summed E-state index contributed by atoms with van der Waals surface area (Å²) >= 11 is 0. The minimum absolute atomic E-state index is 0. The SMILES string of the molecule is C1CCOC1.[CH2-]C.[CH2-]C.[Zn+2]. The molecule has 0 aromatic rings. The van der Waals surface area contributed by atoms with Crippen LogP contribution in [0.1, 0.15) is 26.7 Å². The Morgan fingerprint density at radius 1 is 0.900 bits per heavy atom. The van der Waals surface area contributed by atoms with Crippen molar-refractivity contribution in [1.82, 2.24) is 0 Å². The fraction of sp³-hybridized carbons (Fsp3) is 0.750. The summed E-state index contributed by atoms with van der Waals surface area (Å²) in [6, 6.07) is 0. The van der Waals surface area contributed by atoms with Gasteiger partial charge in [-0.15, -0.1) is 0 Å². The Labute approximate surface area is 78.3 Å². The Morgan fingerprint density at radius 2 is 1.20 bits per heavy atom. The van der Waals surface area contributed by atoms with E-state index in [0.29, 0.717) is 0 Å². The van der Waals surface area contributed by atoms with Gasteiger partial charge in [0.05, 0.1) is 0 Å². The van der Waals surface area contributed by atoms with Crippen LogP contribution in [0, 0.1) is 13.8 Å². The molecular formula is C8H18OZn. The van der Waals surface area contributed by atoms with Gasteiger partial charge < -0.3 is 18.6 Å². The van der Waals surface area contributed by atoms with Crippen LogP contribution in [0.4, 0.5) is 0 Å². The Kier molecular flexibility index (Phi) is 38.3. The summed E-state index contributed by atoms with van der Waals surface area (Å²) < 4.78 is 4.94. The van der Waals surface area contributed by atoms with Gasteiger partial charge in [0.1, 0.15) is 0 Å². The molecule has 0 bridgehead atoms. The molecule has 1 aliphatic heterocycles. The molecule has 1 heterocycles. The molecule has 1 nitrogen and oxygen atoms in total. The normalized spacial score (nSPS) is 13.2. The Morgan fingerprint density at radius 3 is 1.30 bits per heavy atom. The summed E-state index contributed by atoms with van der Waals surface area (Å²) in [7, 11) is 0. The Hall–Kier alpha value is 0.583. The first-order valence-electron chi connectivity index (χ1n) is 3.49. The van der Waals surface area contributed by atoms with Crippen LogP contribution in [0.3, 0.4) is 0 Å². The summed E-state index contributed by atoms with van der Waals surface area (Å²) in [4.78, 5) is 0. The maximum Gasteiger partial charge on any atom is 2.00 e. The Balaban J connectivity index is -0.0000000875. The van der Waals surface area contributed by atoms with E-state index in [-0.39, 0.29) is 19.5 Å². The zero-order chi connectivity index (χ0) is 7.54. The quantitative estimate of drug-likeness (QED) is 0.426. The van der Waals surface area contributed by atoms with Crippen molar-refractivity contribution < 1.29 is 24.2 Å². The number of hydrogen-bond acceptors (Lipinski definition) is 1. The van der Waals surface area contributed by atoms with Gasteiger partial charge in [0, 0.05) is 13.2 Å². The third-order valence-electron chi connectivity index (χ3n) is 0.827. The van der Waals surface area contributed by atoms with E-state index in [4.69, 9.17) is 4.74 Å². The summed E-state index contributed by atoms with van der Waals surface area (Å²) in [6.07, 6.45) is 2.56. The van der Waals surface area contributed by atoms with Gasteiger partial charge in [-0.25, -0.2) is 0 Å². The van der Waals surface area contributed by atoms with Gasteiger partial charge in [0.15, 0.2) is 0 Å². The number of rotatable bonds is 0. The van der Waals surface area contributed by atoms with E-state index < -0.39 is 0 Å². The largest absolute Gasteiger partial charge is 2.00 e. The number of hydrogen-bond donors (Lipinski definition) is 0. The van der Waals surface area contributed by atoms with Crippen molar-refractivity contribution in [3.63, 3.8) is 0 Å². The van der Waals surface area contributed by atoms with E-state index in [2.05, 4.69) is 13.8 Å². The van der Waals surface area contributed by atoms with Gasteiger partial charge in [-0.1, -0.05) is 0 Å². The average molecular weight is 196 g/mol. The zero-order valence-corrected chi connectivity index (χ0v) is 10.3. The summed E-state index contributed by atoms with van der Waals surface area (Å²) in [6.45, 7) is 12.0. The molecule has 0 aromatic carbocycles. The van der Waals surface area contributed by atoms with E-state index in [1.54, 1.807) is 13.8 Å². The van der Waals surface area contributed by atoms with Crippen molar-refractivity contribution in [3.05, 3.63) is 13.8 Å². The topological polar surface area (TPSA) is 9.23 Å². The monoisotopic (exact) mass is 194 g/mol. The van der Waals surface area contributed by atoms with Crippen LogP contribution in [0.2, 0.25) is 0 Å². The predicted octanol–water partition coefficient (Wildman–Crippen LogP) is 2.48. The van der Waals surface area contributed by atoms with Crippen molar-refractivity contribution in [2.24, 2.45) is 0 Å². The molecule has 0 aliphatic carbocycles.